The average Bonchev–Trinajstić information content (AvgIpc) is 2.76. The largest absolute Gasteiger partial charge is 0.492 e. The van der Waals surface area contributed by atoms with E-state index in [2.05, 4.69) is 15.0 Å². The fourth-order valence-corrected chi connectivity index (χ4v) is 2.52. The Bertz CT molecular complexity index is 814. The van der Waals surface area contributed by atoms with Crippen molar-refractivity contribution in [1.29, 1.82) is 0 Å². The average molecular weight is 304 g/mol. The van der Waals surface area contributed by atoms with E-state index in [0.29, 0.717) is 40.4 Å². The summed E-state index contributed by atoms with van der Waals surface area (Å²) in [6, 6.07) is 7.55. The third kappa shape index (κ3) is 2.27. The molecule has 0 aliphatic rings. The van der Waals surface area contributed by atoms with Gasteiger partial charge < -0.3 is 10.5 Å². The van der Waals surface area contributed by atoms with Gasteiger partial charge in [-0.15, -0.1) is 0 Å². The molecule has 0 amide bonds. The molecule has 3 aromatic rings. The minimum absolute atomic E-state index is 0.291. The van der Waals surface area contributed by atoms with E-state index in [1.54, 1.807) is 11.5 Å². The second kappa shape index (κ2) is 5.21. The molecule has 0 aliphatic heterocycles. The van der Waals surface area contributed by atoms with Crippen molar-refractivity contribution in [3.63, 3.8) is 0 Å². The molecule has 6 nitrogen and oxygen atoms in total. The van der Waals surface area contributed by atoms with Gasteiger partial charge in [0.2, 0.25) is 5.95 Å². The van der Waals surface area contributed by atoms with Crippen LogP contribution in [-0.2, 0) is 0 Å². The van der Waals surface area contributed by atoms with Gasteiger partial charge in [0.15, 0.2) is 10.8 Å². The molecule has 2 aromatic heterocycles. The molecular weight excluding hydrogens is 290 g/mol. The number of nitrogens with two attached hydrogens (primary N) is 1. The maximum atomic E-state index is 6.25. The van der Waals surface area contributed by atoms with Crippen LogP contribution in [0.1, 0.15) is 12.7 Å². The highest BCUT2D eigenvalue weighted by Crippen LogP contribution is 2.31. The molecule has 0 unspecified atom stereocenters. The summed E-state index contributed by atoms with van der Waals surface area (Å²) < 4.78 is 7.35. The molecule has 0 bridgehead atoms. The Balaban J connectivity index is 2.33. The van der Waals surface area contributed by atoms with Gasteiger partial charge in [-0.3, -0.25) is 4.57 Å². The number of anilines is 1. The number of hydrogen-bond donors (Lipinski definition) is 1. The molecule has 0 atom stereocenters. The highest BCUT2D eigenvalue weighted by molar-refractivity contribution is 6.33. The molecule has 0 saturated carbocycles. The SMILES string of the molecule is CCOc1ccccc1-n1c(N)nc2nc(C)nc(Cl)c21. The van der Waals surface area contributed by atoms with Crippen LogP contribution in [0.3, 0.4) is 0 Å². The van der Waals surface area contributed by atoms with E-state index in [9.17, 15) is 0 Å². The van der Waals surface area contributed by atoms with Crippen molar-refractivity contribution in [1.82, 2.24) is 19.5 Å². The normalized spacial score (nSPS) is 11.0. The molecule has 1 aromatic carbocycles. The summed E-state index contributed by atoms with van der Waals surface area (Å²) in [6.07, 6.45) is 0. The zero-order valence-corrected chi connectivity index (χ0v) is 12.4. The van der Waals surface area contributed by atoms with Gasteiger partial charge in [0.25, 0.3) is 0 Å². The number of imidazole rings is 1. The fourth-order valence-electron chi connectivity index (χ4n) is 2.23. The number of aromatic nitrogens is 4. The predicted molar refractivity (Wildman–Crippen MR) is 82.0 cm³/mol. The summed E-state index contributed by atoms with van der Waals surface area (Å²) in [7, 11) is 0. The second-order valence-corrected chi connectivity index (χ2v) is 4.80. The van der Waals surface area contributed by atoms with Crippen molar-refractivity contribution in [3.05, 3.63) is 35.2 Å². The van der Waals surface area contributed by atoms with Crippen LogP contribution in [0.2, 0.25) is 5.15 Å². The number of rotatable bonds is 3. The molecule has 0 radical (unpaired) electrons. The topological polar surface area (TPSA) is 78.9 Å². The van der Waals surface area contributed by atoms with Crippen LogP contribution in [0.25, 0.3) is 16.9 Å². The fraction of sp³-hybridized carbons (Fsp3) is 0.214. The number of nitrogen functional groups attached to an aromatic ring is 1. The van der Waals surface area contributed by atoms with Crippen molar-refractivity contribution in [3.8, 4) is 11.4 Å². The van der Waals surface area contributed by atoms with Crippen LogP contribution < -0.4 is 10.5 Å². The van der Waals surface area contributed by atoms with Crippen molar-refractivity contribution < 1.29 is 4.74 Å². The Morgan fingerprint density at radius 1 is 1.24 bits per heavy atom. The van der Waals surface area contributed by atoms with Crippen LogP contribution in [0, 0.1) is 6.92 Å². The lowest BCUT2D eigenvalue weighted by atomic mass is 10.3. The quantitative estimate of drug-likeness (QED) is 0.753. The van der Waals surface area contributed by atoms with E-state index >= 15 is 0 Å². The molecule has 7 heteroatoms. The van der Waals surface area contributed by atoms with Crippen molar-refractivity contribution in [2.75, 3.05) is 12.3 Å². The number of hydrogen-bond acceptors (Lipinski definition) is 5. The molecule has 0 fully saturated rings. The second-order valence-electron chi connectivity index (χ2n) is 4.44. The van der Waals surface area contributed by atoms with E-state index in [0.717, 1.165) is 5.69 Å². The van der Waals surface area contributed by atoms with E-state index in [4.69, 9.17) is 22.1 Å². The van der Waals surface area contributed by atoms with Gasteiger partial charge in [0.1, 0.15) is 17.1 Å². The third-order valence-corrected chi connectivity index (χ3v) is 3.28. The van der Waals surface area contributed by atoms with E-state index in [1.807, 2.05) is 31.2 Å². The van der Waals surface area contributed by atoms with Crippen molar-refractivity contribution in [2.45, 2.75) is 13.8 Å². The molecule has 0 spiro atoms. The smallest absolute Gasteiger partial charge is 0.207 e. The molecular formula is C14H14ClN5O. The zero-order chi connectivity index (χ0) is 15.0. The van der Waals surface area contributed by atoms with Crippen molar-refractivity contribution >= 4 is 28.7 Å². The highest BCUT2D eigenvalue weighted by atomic mass is 35.5. The number of benzene rings is 1. The Hall–Kier alpha value is -2.34. The van der Waals surface area contributed by atoms with Gasteiger partial charge >= 0.3 is 0 Å². The first-order valence-electron chi connectivity index (χ1n) is 6.52. The van der Waals surface area contributed by atoms with Gasteiger partial charge in [-0.1, -0.05) is 23.7 Å². The predicted octanol–water partition coefficient (Wildman–Crippen LogP) is 2.76. The molecule has 108 valence electrons. The first-order chi connectivity index (χ1) is 10.1. The number of fused-ring (bicyclic) bond motifs is 1. The van der Waals surface area contributed by atoms with Crippen LogP contribution >= 0.6 is 11.6 Å². The summed E-state index contributed by atoms with van der Waals surface area (Å²) in [5, 5.41) is 0.313. The summed E-state index contributed by atoms with van der Waals surface area (Å²) in [5.41, 5.74) is 7.84. The Morgan fingerprint density at radius 2 is 2.00 bits per heavy atom. The lowest BCUT2D eigenvalue weighted by Crippen LogP contribution is -2.04. The van der Waals surface area contributed by atoms with Gasteiger partial charge in [-0.05, 0) is 26.0 Å². The maximum Gasteiger partial charge on any atom is 0.207 e. The molecule has 0 aliphatic carbocycles. The molecule has 2 heterocycles. The molecule has 2 N–H and O–H groups in total. The van der Waals surface area contributed by atoms with Gasteiger partial charge in [0, 0.05) is 0 Å². The number of nitrogens with zero attached hydrogens (tertiary/aromatic N) is 4. The summed E-state index contributed by atoms with van der Waals surface area (Å²) in [4.78, 5) is 12.7. The zero-order valence-electron chi connectivity index (χ0n) is 11.7. The Kier molecular flexibility index (Phi) is 3.39. The van der Waals surface area contributed by atoms with Gasteiger partial charge in [-0.2, -0.15) is 4.98 Å². The summed E-state index contributed by atoms with van der Waals surface area (Å²) >= 11 is 6.25. The molecule has 21 heavy (non-hydrogen) atoms. The standard InChI is InChI=1S/C14H14ClN5O/c1-3-21-10-7-5-4-6-9(10)20-11-12(15)17-8(2)18-13(11)19-14(20)16/h4-7H,3H2,1-2H3,(H2,16,17,18,19). The van der Waals surface area contributed by atoms with Crippen LogP contribution in [0.4, 0.5) is 5.95 Å². The highest BCUT2D eigenvalue weighted by Gasteiger charge is 2.18. The van der Waals surface area contributed by atoms with Crippen LogP contribution in [-0.4, -0.2) is 26.1 Å². The third-order valence-electron chi connectivity index (χ3n) is 3.01. The summed E-state index contributed by atoms with van der Waals surface area (Å²) in [5.74, 6) is 1.54. The minimum atomic E-state index is 0.291. The van der Waals surface area contributed by atoms with E-state index in [1.165, 1.54) is 0 Å². The molecule has 0 saturated heterocycles. The number of aryl methyl sites for hydroxylation is 1. The lowest BCUT2D eigenvalue weighted by Gasteiger charge is -2.12. The van der Waals surface area contributed by atoms with Gasteiger partial charge in [-0.25, -0.2) is 9.97 Å². The first kappa shape index (κ1) is 13.6. The number of ether oxygens (including phenoxy) is 1. The Morgan fingerprint density at radius 3 is 2.76 bits per heavy atom. The van der Waals surface area contributed by atoms with Crippen LogP contribution in [0.15, 0.2) is 24.3 Å². The maximum absolute atomic E-state index is 6.25. The van der Waals surface area contributed by atoms with Gasteiger partial charge in [0.05, 0.1) is 12.3 Å². The molecule has 3 rings (SSSR count). The van der Waals surface area contributed by atoms with E-state index < -0.39 is 0 Å². The van der Waals surface area contributed by atoms with Crippen molar-refractivity contribution in [2.24, 2.45) is 0 Å². The van der Waals surface area contributed by atoms with E-state index in [-0.39, 0.29) is 0 Å². The minimum Gasteiger partial charge on any atom is -0.492 e. The monoisotopic (exact) mass is 303 g/mol. The number of para-hydroxylation sites is 2. The lowest BCUT2D eigenvalue weighted by molar-refractivity contribution is 0.339. The Labute approximate surface area is 126 Å². The summed E-state index contributed by atoms with van der Waals surface area (Å²) in [6.45, 7) is 4.23. The number of halogens is 1. The first-order valence-corrected chi connectivity index (χ1v) is 6.90. The van der Waals surface area contributed by atoms with Crippen LogP contribution in [0.5, 0.6) is 5.75 Å².